The van der Waals surface area contributed by atoms with Crippen LogP contribution in [0.5, 0.6) is 0 Å². The zero-order valence-corrected chi connectivity index (χ0v) is 21.6. The molecule has 0 unspecified atom stereocenters. The lowest BCUT2D eigenvalue weighted by atomic mass is 10.0. The van der Waals surface area contributed by atoms with Gasteiger partial charge in [-0.1, -0.05) is 121 Å². The smallest absolute Gasteiger partial charge is 0.340 e. The van der Waals surface area contributed by atoms with Crippen LogP contribution in [0.4, 0.5) is 0 Å². The van der Waals surface area contributed by atoms with Gasteiger partial charge in [-0.2, -0.15) is 0 Å². The molecule has 6 nitrogen and oxygen atoms in total. The van der Waals surface area contributed by atoms with Crippen molar-refractivity contribution in [2.45, 2.75) is 51.0 Å². The van der Waals surface area contributed by atoms with E-state index in [1.54, 1.807) is 0 Å². The quantitative estimate of drug-likeness (QED) is 0.217. The average molecular weight is 525 g/mol. The van der Waals surface area contributed by atoms with Gasteiger partial charge in [0.05, 0.1) is 26.4 Å². The molecule has 4 atom stereocenters. The summed E-state index contributed by atoms with van der Waals surface area (Å²) >= 11 is 0. The Morgan fingerprint density at radius 2 is 0.821 bits per heavy atom. The third-order valence-electron chi connectivity index (χ3n) is 6.46. The Morgan fingerprint density at radius 3 is 1.26 bits per heavy atom. The van der Waals surface area contributed by atoms with Gasteiger partial charge in [0.25, 0.3) is 0 Å². The van der Waals surface area contributed by atoms with Crippen molar-refractivity contribution >= 4 is 5.97 Å². The molecule has 0 radical (unpaired) electrons. The molecule has 0 amide bonds. The van der Waals surface area contributed by atoms with E-state index in [-0.39, 0.29) is 19.8 Å². The molecule has 1 saturated heterocycles. The molecular weight excluding hydrogens is 492 g/mol. The molecule has 1 fully saturated rings. The zero-order valence-electron chi connectivity index (χ0n) is 21.6. The normalized spacial score (nSPS) is 20.9. The fraction of sp³-hybridized carbons (Fsp3) is 0.242. The second-order valence-corrected chi connectivity index (χ2v) is 9.34. The molecule has 4 aromatic carbocycles. The van der Waals surface area contributed by atoms with E-state index >= 15 is 0 Å². The highest BCUT2D eigenvalue weighted by Gasteiger charge is 2.49. The highest BCUT2D eigenvalue weighted by molar-refractivity contribution is 5.76. The van der Waals surface area contributed by atoms with Crippen LogP contribution in [0.3, 0.4) is 0 Å². The first kappa shape index (κ1) is 26.8. The summed E-state index contributed by atoms with van der Waals surface area (Å²) in [5, 5.41) is 0. The van der Waals surface area contributed by atoms with Gasteiger partial charge in [0, 0.05) is 0 Å². The molecule has 1 aliphatic rings. The maximum absolute atomic E-state index is 13.3. The minimum absolute atomic E-state index is 0.229. The average Bonchev–Trinajstić information content (AvgIpc) is 3.00. The molecule has 4 aromatic rings. The zero-order chi connectivity index (χ0) is 26.7. The molecule has 39 heavy (non-hydrogen) atoms. The van der Waals surface area contributed by atoms with E-state index < -0.39 is 30.6 Å². The van der Waals surface area contributed by atoms with Crippen molar-refractivity contribution in [3.05, 3.63) is 144 Å². The van der Waals surface area contributed by atoms with Gasteiger partial charge in [0.2, 0.25) is 6.29 Å². The number of esters is 1. The van der Waals surface area contributed by atoms with Crippen LogP contribution in [0.2, 0.25) is 0 Å². The molecule has 0 aromatic heterocycles. The van der Waals surface area contributed by atoms with Gasteiger partial charge in [-0.3, -0.25) is 0 Å². The summed E-state index contributed by atoms with van der Waals surface area (Å²) in [6.07, 6.45) is -3.46. The van der Waals surface area contributed by atoms with Crippen molar-refractivity contribution in [2.75, 3.05) is 0 Å². The standard InChI is InChI=1S/C33H32O6/c34-32-30(36-22-26-15-7-2-8-16-26)29(35-21-25-13-5-1-6-14-25)31(37-23-27-17-9-3-10-18-27)33(39-32)38-24-28-19-11-4-12-20-28/h1-20,29-31,33H,21-24H2/t29-,30-,31-,33-/m1/s1. The van der Waals surface area contributed by atoms with Crippen LogP contribution in [-0.4, -0.2) is 30.6 Å². The molecule has 0 aliphatic carbocycles. The van der Waals surface area contributed by atoms with Crippen molar-refractivity contribution < 1.29 is 28.5 Å². The Morgan fingerprint density at radius 1 is 0.462 bits per heavy atom. The van der Waals surface area contributed by atoms with Crippen LogP contribution in [0, 0.1) is 0 Å². The summed E-state index contributed by atoms with van der Waals surface area (Å²) in [4.78, 5) is 13.3. The van der Waals surface area contributed by atoms with Crippen LogP contribution in [0.25, 0.3) is 0 Å². The molecule has 6 heteroatoms. The lowest BCUT2D eigenvalue weighted by Gasteiger charge is -2.40. The first-order valence-electron chi connectivity index (χ1n) is 13.1. The maximum atomic E-state index is 13.3. The Bertz CT molecular complexity index is 1270. The first-order chi connectivity index (χ1) is 19.3. The van der Waals surface area contributed by atoms with Crippen LogP contribution in [-0.2, 0) is 54.9 Å². The molecule has 5 rings (SSSR count). The van der Waals surface area contributed by atoms with Gasteiger partial charge in [0.1, 0.15) is 12.2 Å². The lowest BCUT2D eigenvalue weighted by molar-refractivity contribution is -0.283. The van der Waals surface area contributed by atoms with Crippen molar-refractivity contribution in [2.24, 2.45) is 0 Å². The molecule has 200 valence electrons. The maximum Gasteiger partial charge on any atom is 0.340 e. The topological polar surface area (TPSA) is 63.2 Å². The minimum Gasteiger partial charge on any atom is -0.431 e. The summed E-state index contributed by atoms with van der Waals surface area (Å²) in [5.74, 6) is -0.540. The highest BCUT2D eigenvalue weighted by Crippen LogP contribution is 2.29. The van der Waals surface area contributed by atoms with E-state index in [1.807, 2.05) is 121 Å². The summed E-state index contributed by atoms with van der Waals surface area (Å²) in [6, 6.07) is 39.1. The number of carbonyl (C=O) groups excluding carboxylic acids is 1. The van der Waals surface area contributed by atoms with Crippen molar-refractivity contribution in [3.8, 4) is 0 Å². The van der Waals surface area contributed by atoms with Crippen LogP contribution in [0.1, 0.15) is 22.3 Å². The summed E-state index contributed by atoms with van der Waals surface area (Å²) in [7, 11) is 0. The van der Waals surface area contributed by atoms with Gasteiger partial charge in [-0.05, 0) is 22.3 Å². The summed E-state index contributed by atoms with van der Waals surface area (Å²) in [5.41, 5.74) is 3.86. The largest absolute Gasteiger partial charge is 0.431 e. The fourth-order valence-electron chi connectivity index (χ4n) is 4.40. The van der Waals surface area contributed by atoms with Crippen molar-refractivity contribution in [1.29, 1.82) is 0 Å². The monoisotopic (exact) mass is 524 g/mol. The van der Waals surface area contributed by atoms with Gasteiger partial charge in [-0.15, -0.1) is 0 Å². The second-order valence-electron chi connectivity index (χ2n) is 9.34. The summed E-state index contributed by atoms with van der Waals surface area (Å²) in [6.45, 7) is 1.06. The van der Waals surface area contributed by atoms with Gasteiger partial charge in [0.15, 0.2) is 6.10 Å². The van der Waals surface area contributed by atoms with Crippen LogP contribution < -0.4 is 0 Å². The van der Waals surface area contributed by atoms with Crippen molar-refractivity contribution in [1.82, 2.24) is 0 Å². The third kappa shape index (κ3) is 7.62. The Labute approximate surface area is 229 Å². The van der Waals surface area contributed by atoms with E-state index in [0.717, 1.165) is 22.3 Å². The van der Waals surface area contributed by atoms with E-state index in [9.17, 15) is 4.79 Å². The van der Waals surface area contributed by atoms with E-state index in [1.165, 1.54) is 0 Å². The Hall–Kier alpha value is -3.81. The number of hydrogen-bond acceptors (Lipinski definition) is 6. The predicted octanol–water partition coefficient (Wildman–Crippen LogP) is 5.84. The number of hydrogen-bond donors (Lipinski definition) is 0. The van der Waals surface area contributed by atoms with Crippen LogP contribution in [0.15, 0.2) is 121 Å². The van der Waals surface area contributed by atoms with E-state index in [2.05, 4.69) is 0 Å². The number of cyclic esters (lactones) is 1. The van der Waals surface area contributed by atoms with Crippen LogP contribution >= 0.6 is 0 Å². The predicted molar refractivity (Wildman–Crippen MR) is 146 cm³/mol. The molecule has 0 N–H and O–H groups in total. The lowest BCUT2D eigenvalue weighted by Crippen LogP contribution is -2.59. The second kappa shape index (κ2) is 13.8. The Balaban J connectivity index is 1.39. The number of carbonyl (C=O) groups is 1. The highest BCUT2D eigenvalue weighted by atomic mass is 16.7. The Kier molecular flexibility index (Phi) is 9.50. The summed E-state index contributed by atoms with van der Waals surface area (Å²) < 4.78 is 30.9. The SMILES string of the molecule is O=C1O[C@@H](OCc2ccccc2)[C@H](OCc2ccccc2)[C@H](OCc2ccccc2)[C@H]1OCc1ccccc1. The molecule has 0 saturated carbocycles. The van der Waals surface area contributed by atoms with Gasteiger partial charge < -0.3 is 23.7 Å². The number of rotatable bonds is 12. The molecule has 1 heterocycles. The third-order valence-corrected chi connectivity index (χ3v) is 6.46. The van der Waals surface area contributed by atoms with E-state index in [0.29, 0.717) is 6.61 Å². The molecule has 0 spiro atoms. The van der Waals surface area contributed by atoms with Gasteiger partial charge >= 0.3 is 5.97 Å². The molecule has 0 bridgehead atoms. The number of ether oxygens (including phenoxy) is 5. The molecule has 1 aliphatic heterocycles. The molecular formula is C33H32O6. The fourth-order valence-corrected chi connectivity index (χ4v) is 4.40. The van der Waals surface area contributed by atoms with Crippen molar-refractivity contribution in [3.63, 3.8) is 0 Å². The van der Waals surface area contributed by atoms with E-state index in [4.69, 9.17) is 23.7 Å². The first-order valence-corrected chi connectivity index (χ1v) is 13.1. The van der Waals surface area contributed by atoms with Gasteiger partial charge in [-0.25, -0.2) is 4.79 Å². The minimum atomic E-state index is -0.994. The number of benzene rings is 4.